The van der Waals surface area contributed by atoms with Gasteiger partial charge in [-0.2, -0.15) is 0 Å². The number of nitrogens with zero attached hydrogens (tertiary/aromatic N) is 1. The number of carbonyl (C=O) groups excluding carboxylic acids is 1. The summed E-state index contributed by atoms with van der Waals surface area (Å²) in [6.45, 7) is 0. The standard InChI is InChI=1S/C11H18N2O8P2/c12-11(15)10(5-8-1-3-9(14)4-2-8)13(6-22(16,17)18)7-23(19,20)21/h1-4,10,14H,5-7H2,(H2,12,15)(H2,16,17,18)(H2,19,20,21)/t10-/m0/s1. The van der Waals surface area contributed by atoms with Gasteiger partial charge in [-0.1, -0.05) is 12.1 Å². The fourth-order valence-electron chi connectivity index (χ4n) is 1.98. The lowest BCUT2D eigenvalue weighted by Gasteiger charge is -2.29. The minimum atomic E-state index is -4.68. The van der Waals surface area contributed by atoms with Gasteiger partial charge in [0.15, 0.2) is 0 Å². The maximum atomic E-state index is 11.6. The van der Waals surface area contributed by atoms with Crippen molar-refractivity contribution in [2.75, 3.05) is 12.6 Å². The third-order valence-electron chi connectivity index (χ3n) is 2.87. The lowest BCUT2D eigenvalue weighted by molar-refractivity contribution is -0.122. The van der Waals surface area contributed by atoms with Gasteiger partial charge in [-0.3, -0.25) is 18.8 Å². The van der Waals surface area contributed by atoms with Crippen LogP contribution in [0.4, 0.5) is 0 Å². The molecule has 0 fully saturated rings. The van der Waals surface area contributed by atoms with E-state index in [1.807, 2.05) is 0 Å². The molecule has 1 atom stereocenters. The zero-order chi connectivity index (χ0) is 17.8. The van der Waals surface area contributed by atoms with Crippen LogP contribution in [0.3, 0.4) is 0 Å². The number of benzene rings is 1. The zero-order valence-corrected chi connectivity index (χ0v) is 13.7. The van der Waals surface area contributed by atoms with Gasteiger partial charge in [-0.25, -0.2) is 0 Å². The van der Waals surface area contributed by atoms with Crippen LogP contribution in [-0.2, 0) is 20.3 Å². The summed E-state index contributed by atoms with van der Waals surface area (Å²) < 4.78 is 22.3. The Balaban J connectivity index is 3.08. The van der Waals surface area contributed by atoms with Gasteiger partial charge >= 0.3 is 15.2 Å². The molecule has 0 aliphatic heterocycles. The van der Waals surface area contributed by atoms with Crippen molar-refractivity contribution in [2.24, 2.45) is 5.73 Å². The molecule has 0 aliphatic rings. The molecule has 0 spiro atoms. The third-order valence-corrected chi connectivity index (χ3v) is 4.33. The maximum absolute atomic E-state index is 11.6. The summed E-state index contributed by atoms with van der Waals surface area (Å²) in [7, 11) is -9.36. The van der Waals surface area contributed by atoms with Gasteiger partial charge in [-0.15, -0.1) is 0 Å². The lowest BCUT2D eigenvalue weighted by Crippen LogP contribution is -2.47. The summed E-state index contributed by atoms with van der Waals surface area (Å²) in [6.07, 6.45) is -2.18. The summed E-state index contributed by atoms with van der Waals surface area (Å²) >= 11 is 0. The third kappa shape index (κ3) is 7.71. The number of carbonyl (C=O) groups is 1. The fraction of sp³-hybridized carbons (Fsp3) is 0.364. The van der Waals surface area contributed by atoms with Crippen LogP contribution in [0.15, 0.2) is 24.3 Å². The molecule has 7 N–H and O–H groups in total. The predicted octanol–water partition coefficient (Wildman–Crippen LogP) is -0.639. The topological polar surface area (TPSA) is 182 Å². The summed E-state index contributed by atoms with van der Waals surface area (Å²) in [5.74, 6) is -1.01. The first-order chi connectivity index (χ1) is 10.4. The molecular formula is C11H18N2O8P2. The summed E-state index contributed by atoms with van der Waals surface area (Å²) in [6, 6.07) is 4.25. The minimum absolute atomic E-state index is 0.0216. The second-order valence-corrected chi connectivity index (χ2v) is 8.21. The number of amides is 1. The minimum Gasteiger partial charge on any atom is -0.508 e. The Morgan fingerprint density at radius 2 is 1.48 bits per heavy atom. The normalized spacial score (nSPS) is 14.0. The summed E-state index contributed by atoms with van der Waals surface area (Å²) in [5.41, 5.74) is 5.71. The average Bonchev–Trinajstić information content (AvgIpc) is 2.33. The summed E-state index contributed by atoms with van der Waals surface area (Å²) in [4.78, 5) is 48.5. The van der Waals surface area contributed by atoms with Gasteiger partial charge in [0.05, 0.1) is 6.04 Å². The molecule has 0 aromatic heterocycles. The SMILES string of the molecule is NC(=O)[C@H](Cc1ccc(O)cc1)N(CP(=O)(O)O)CP(=O)(O)O. The van der Waals surface area contributed by atoms with E-state index < -0.39 is 39.7 Å². The number of aromatic hydroxyl groups is 1. The molecule has 130 valence electrons. The first kappa shape index (κ1) is 19.8. The number of rotatable bonds is 8. The first-order valence-corrected chi connectivity index (χ1v) is 9.87. The smallest absolute Gasteiger partial charge is 0.339 e. The Kier molecular flexibility index (Phi) is 6.49. The molecule has 0 heterocycles. The van der Waals surface area contributed by atoms with Crippen LogP contribution in [0.5, 0.6) is 5.75 Å². The van der Waals surface area contributed by atoms with Gasteiger partial charge in [0.2, 0.25) is 5.91 Å². The quantitative estimate of drug-likeness (QED) is 0.325. The van der Waals surface area contributed by atoms with Gasteiger partial charge in [-0.05, 0) is 24.1 Å². The van der Waals surface area contributed by atoms with Gasteiger partial charge in [0.25, 0.3) is 0 Å². The monoisotopic (exact) mass is 368 g/mol. The largest absolute Gasteiger partial charge is 0.508 e. The average molecular weight is 368 g/mol. The number of phenolic OH excluding ortho intramolecular Hbond substituents is 1. The van der Waals surface area contributed by atoms with Crippen molar-refractivity contribution in [3.63, 3.8) is 0 Å². The molecule has 0 saturated heterocycles. The highest BCUT2D eigenvalue weighted by Gasteiger charge is 2.34. The zero-order valence-electron chi connectivity index (χ0n) is 11.9. The molecule has 10 nitrogen and oxygen atoms in total. The van der Waals surface area contributed by atoms with Crippen LogP contribution < -0.4 is 5.73 Å². The maximum Gasteiger partial charge on any atom is 0.339 e. The number of phenols is 1. The highest BCUT2D eigenvalue weighted by molar-refractivity contribution is 7.52. The van der Waals surface area contributed by atoms with E-state index in [-0.39, 0.29) is 12.2 Å². The Hall–Kier alpha value is -1.25. The Morgan fingerprint density at radius 3 is 1.83 bits per heavy atom. The number of hydrogen-bond acceptors (Lipinski definition) is 5. The van der Waals surface area contributed by atoms with Gasteiger partial charge in [0.1, 0.15) is 18.3 Å². The van der Waals surface area contributed by atoms with Crippen LogP contribution in [-0.4, -0.2) is 54.1 Å². The van der Waals surface area contributed by atoms with E-state index in [9.17, 15) is 19.0 Å². The molecule has 0 saturated carbocycles. The molecule has 1 rings (SSSR count). The molecule has 0 bridgehead atoms. The number of primary amides is 1. The van der Waals surface area contributed by atoms with Crippen LogP contribution >= 0.6 is 15.2 Å². The summed E-state index contributed by atoms with van der Waals surface area (Å²) in [5, 5.41) is 9.21. The predicted molar refractivity (Wildman–Crippen MR) is 80.5 cm³/mol. The van der Waals surface area contributed by atoms with E-state index in [1.54, 1.807) is 0 Å². The van der Waals surface area contributed by atoms with Gasteiger partial charge in [0, 0.05) is 0 Å². The molecule has 23 heavy (non-hydrogen) atoms. The van der Waals surface area contributed by atoms with Crippen LogP contribution in [0, 0.1) is 0 Å². The Labute approximate surface area is 131 Å². The molecular weight excluding hydrogens is 350 g/mol. The molecule has 0 unspecified atom stereocenters. The molecule has 0 radical (unpaired) electrons. The van der Waals surface area contributed by atoms with Crippen LogP contribution in [0.1, 0.15) is 5.56 Å². The van der Waals surface area contributed by atoms with Crippen molar-refractivity contribution >= 4 is 21.1 Å². The molecule has 0 aliphatic carbocycles. The molecule has 12 heteroatoms. The molecule has 1 aromatic rings. The number of nitrogens with two attached hydrogens (primary N) is 1. The second-order valence-electron chi connectivity index (χ2n) is 4.99. The highest BCUT2D eigenvalue weighted by Crippen LogP contribution is 2.41. The van der Waals surface area contributed by atoms with Crippen molar-refractivity contribution in [3.05, 3.63) is 29.8 Å². The first-order valence-electron chi connectivity index (χ1n) is 6.28. The van der Waals surface area contributed by atoms with Crippen molar-refractivity contribution in [1.29, 1.82) is 0 Å². The Morgan fingerprint density at radius 1 is 1.04 bits per heavy atom. The van der Waals surface area contributed by atoms with Gasteiger partial charge < -0.3 is 30.4 Å². The molecule has 1 amide bonds. The van der Waals surface area contributed by atoms with E-state index in [1.165, 1.54) is 24.3 Å². The fourth-order valence-corrected chi connectivity index (χ4v) is 3.68. The van der Waals surface area contributed by atoms with E-state index in [0.717, 1.165) is 0 Å². The van der Waals surface area contributed by atoms with E-state index >= 15 is 0 Å². The van der Waals surface area contributed by atoms with Crippen molar-refractivity contribution in [3.8, 4) is 5.75 Å². The van der Waals surface area contributed by atoms with Crippen LogP contribution in [0.2, 0.25) is 0 Å². The Bertz CT molecular complexity index is 614. The van der Waals surface area contributed by atoms with Crippen molar-refractivity contribution in [1.82, 2.24) is 4.90 Å². The van der Waals surface area contributed by atoms with E-state index in [0.29, 0.717) is 10.5 Å². The van der Waals surface area contributed by atoms with Crippen molar-refractivity contribution in [2.45, 2.75) is 12.5 Å². The van der Waals surface area contributed by atoms with Crippen LogP contribution in [0.25, 0.3) is 0 Å². The second kappa shape index (κ2) is 7.55. The highest BCUT2D eigenvalue weighted by atomic mass is 31.2. The molecule has 1 aromatic carbocycles. The van der Waals surface area contributed by atoms with E-state index in [2.05, 4.69) is 0 Å². The van der Waals surface area contributed by atoms with Crippen molar-refractivity contribution < 1.29 is 38.6 Å². The lowest BCUT2D eigenvalue weighted by atomic mass is 10.0. The number of hydrogen-bond donors (Lipinski definition) is 6. The van der Waals surface area contributed by atoms with E-state index in [4.69, 9.17) is 25.3 Å².